The maximum Gasteiger partial charge on any atom is 0.257 e. The molecule has 1 aromatic rings. The Balaban J connectivity index is 0.00000200. The number of piperazine rings is 1. The molecule has 1 aromatic carbocycles. The van der Waals surface area contributed by atoms with Crippen LogP contribution < -0.4 is 5.32 Å². The highest BCUT2D eigenvalue weighted by atomic mass is 35.5. The first-order valence-electron chi connectivity index (χ1n) is 6.42. The summed E-state index contributed by atoms with van der Waals surface area (Å²) in [5.41, 5.74) is 0.223. The van der Waals surface area contributed by atoms with Crippen molar-refractivity contribution in [2.45, 2.75) is 32.9 Å². The molecule has 0 radical (unpaired) electrons. The number of benzene rings is 1. The number of carbonyl (C=O) groups is 1. The van der Waals surface area contributed by atoms with Gasteiger partial charge in [-0.05, 0) is 32.4 Å². The quantitative estimate of drug-likeness (QED) is 0.864. The summed E-state index contributed by atoms with van der Waals surface area (Å²) in [6.45, 7) is 6.63. The lowest BCUT2D eigenvalue weighted by atomic mass is 10.0. The van der Waals surface area contributed by atoms with Crippen molar-refractivity contribution in [3.63, 3.8) is 0 Å². The Morgan fingerprint density at radius 2 is 1.95 bits per heavy atom. The average molecular weight is 305 g/mol. The number of nitrogens with one attached hydrogen (secondary N) is 1. The van der Waals surface area contributed by atoms with Crippen LogP contribution in [0.4, 0.5) is 8.78 Å². The summed E-state index contributed by atoms with van der Waals surface area (Å²) in [6, 6.07) is 2.19. The molecule has 112 valence electrons. The van der Waals surface area contributed by atoms with Crippen LogP contribution in [0.15, 0.2) is 12.1 Å². The third kappa shape index (κ3) is 3.10. The maximum absolute atomic E-state index is 13.8. The molecule has 1 aliphatic rings. The summed E-state index contributed by atoms with van der Waals surface area (Å²) >= 11 is 0. The van der Waals surface area contributed by atoms with Gasteiger partial charge in [0.1, 0.15) is 11.6 Å². The minimum atomic E-state index is -0.800. The van der Waals surface area contributed by atoms with E-state index in [-0.39, 0.29) is 41.5 Å². The maximum atomic E-state index is 13.8. The van der Waals surface area contributed by atoms with Gasteiger partial charge in [0, 0.05) is 31.2 Å². The Kier molecular flexibility index (Phi) is 5.48. The predicted octanol–water partition coefficient (Wildman–Crippen LogP) is 2.52. The second-order valence-corrected chi connectivity index (χ2v) is 5.06. The molecular formula is C14H19ClF2N2O. The molecule has 0 bridgehead atoms. The molecule has 1 fully saturated rings. The Morgan fingerprint density at radius 3 is 2.60 bits per heavy atom. The molecule has 0 spiro atoms. The minimum absolute atomic E-state index is 0. The first-order valence-corrected chi connectivity index (χ1v) is 6.42. The number of nitrogens with zero attached hydrogens (tertiary/aromatic N) is 1. The number of aryl methyl sites for hydroxylation is 1. The lowest BCUT2D eigenvalue weighted by molar-refractivity contribution is 0.0598. The Labute approximate surface area is 123 Å². The summed E-state index contributed by atoms with van der Waals surface area (Å²) in [4.78, 5) is 14.0. The second kappa shape index (κ2) is 6.50. The zero-order chi connectivity index (χ0) is 14.2. The Bertz CT molecular complexity index is 510. The lowest BCUT2D eigenvalue weighted by Gasteiger charge is -2.38. The molecule has 1 heterocycles. The van der Waals surface area contributed by atoms with E-state index in [9.17, 15) is 13.6 Å². The molecule has 3 nitrogen and oxygen atoms in total. The molecule has 6 heteroatoms. The van der Waals surface area contributed by atoms with E-state index >= 15 is 0 Å². The number of hydrogen-bond donors (Lipinski definition) is 1. The van der Waals surface area contributed by atoms with Crippen molar-refractivity contribution in [3.8, 4) is 0 Å². The molecule has 2 atom stereocenters. The van der Waals surface area contributed by atoms with Crippen LogP contribution in [0.2, 0.25) is 0 Å². The molecule has 0 aliphatic carbocycles. The minimum Gasteiger partial charge on any atom is -0.333 e. The highest BCUT2D eigenvalue weighted by Gasteiger charge is 2.30. The largest absolute Gasteiger partial charge is 0.333 e. The molecular weight excluding hydrogens is 286 g/mol. The van der Waals surface area contributed by atoms with Crippen LogP contribution in [0.1, 0.15) is 29.8 Å². The van der Waals surface area contributed by atoms with Gasteiger partial charge >= 0.3 is 0 Å². The van der Waals surface area contributed by atoms with Crippen molar-refractivity contribution in [2.75, 3.05) is 13.1 Å². The molecule has 2 unspecified atom stereocenters. The Morgan fingerprint density at radius 1 is 1.30 bits per heavy atom. The van der Waals surface area contributed by atoms with E-state index in [1.165, 1.54) is 13.0 Å². The fraction of sp³-hybridized carbons (Fsp3) is 0.500. The predicted molar refractivity (Wildman–Crippen MR) is 76.3 cm³/mol. The molecule has 1 amide bonds. The van der Waals surface area contributed by atoms with Gasteiger partial charge in [-0.3, -0.25) is 4.79 Å². The summed E-state index contributed by atoms with van der Waals surface area (Å²) in [5.74, 6) is -1.80. The van der Waals surface area contributed by atoms with Crippen LogP contribution >= 0.6 is 12.4 Å². The van der Waals surface area contributed by atoms with Crippen LogP contribution in [-0.4, -0.2) is 36.0 Å². The fourth-order valence-electron chi connectivity index (χ4n) is 2.32. The van der Waals surface area contributed by atoms with Crippen LogP contribution in [0.25, 0.3) is 0 Å². The van der Waals surface area contributed by atoms with Gasteiger partial charge < -0.3 is 10.2 Å². The van der Waals surface area contributed by atoms with Gasteiger partial charge in [-0.25, -0.2) is 8.78 Å². The second-order valence-electron chi connectivity index (χ2n) is 5.06. The third-order valence-corrected chi connectivity index (χ3v) is 3.77. The summed E-state index contributed by atoms with van der Waals surface area (Å²) in [7, 11) is 0. The average Bonchev–Trinajstić information content (AvgIpc) is 2.36. The van der Waals surface area contributed by atoms with Gasteiger partial charge in [0.25, 0.3) is 5.91 Å². The molecule has 1 N–H and O–H groups in total. The van der Waals surface area contributed by atoms with Crippen molar-refractivity contribution < 1.29 is 13.6 Å². The van der Waals surface area contributed by atoms with Crippen molar-refractivity contribution in [3.05, 3.63) is 34.9 Å². The van der Waals surface area contributed by atoms with Crippen molar-refractivity contribution in [1.82, 2.24) is 10.2 Å². The van der Waals surface area contributed by atoms with E-state index in [1.807, 2.05) is 13.8 Å². The van der Waals surface area contributed by atoms with Crippen LogP contribution in [0, 0.1) is 18.6 Å². The molecule has 1 saturated heterocycles. The van der Waals surface area contributed by atoms with Gasteiger partial charge in [0.05, 0.1) is 5.56 Å². The van der Waals surface area contributed by atoms with Crippen molar-refractivity contribution in [1.29, 1.82) is 0 Å². The normalized spacial score (nSPS) is 22.4. The van der Waals surface area contributed by atoms with E-state index in [1.54, 1.807) is 4.90 Å². The molecule has 2 rings (SSSR count). The van der Waals surface area contributed by atoms with E-state index in [0.29, 0.717) is 13.1 Å². The summed E-state index contributed by atoms with van der Waals surface area (Å²) < 4.78 is 27.0. The van der Waals surface area contributed by atoms with Crippen LogP contribution in [-0.2, 0) is 0 Å². The lowest BCUT2D eigenvalue weighted by Crippen LogP contribution is -2.57. The van der Waals surface area contributed by atoms with Crippen LogP contribution in [0.3, 0.4) is 0 Å². The number of halogens is 3. The monoisotopic (exact) mass is 304 g/mol. The first kappa shape index (κ1) is 16.9. The van der Waals surface area contributed by atoms with Crippen LogP contribution in [0.5, 0.6) is 0 Å². The number of amides is 1. The zero-order valence-corrected chi connectivity index (χ0v) is 12.6. The van der Waals surface area contributed by atoms with Crippen molar-refractivity contribution >= 4 is 18.3 Å². The SMILES string of the molecule is Cc1cc(C(=O)N2CCNC(C)C2C)c(F)cc1F.Cl. The highest BCUT2D eigenvalue weighted by molar-refractivity contribution is 5.95. The smallest absolute Gasteiger partial charge is 0.257 e. The third-order valence-electron chi connectivity index (χ3n) is 3.77. The van der Waals surface area contributed by atoms with E-state index in [4.69, 9.17) is 0 Å². The van der Waals surface area contributed by atoms with Gasteiger partial charge in [-0.2, -0.15) is 0 Å². The Hall–Kier alpha value is -1.20. The first-order chi connectivity index (χ1) is 8.91. The molecule has 0 aromatic heterocycles. The summed E-state index contributed by atoms with van der Waals surface area (Å²) in [5, 5.41) is 3.26. The van der Waals surface area contributed by atoms with Gasteiger partial charge in [-0.15, -0.1) is 12.4 Å². The van der Waals surface area contributed by atoms with Gasteiger partial charge in [0.15, 0.2) is 0 Å². The number of hydrogen-bond acceptors (Lipinski definition) is 2. The molecule has 1 aliphatic heterocycles. The van der Waals surface area contributed by atoms with E-state index in [0.717, 1.165) is 6.07 Å². The molecule has 20 heavy (non-hydrogen) atoms. The van der Waals surface area contributed by atoms with Crippen molar-refractivity contribution in [2.24, 2.45) is 0 Å². The van der Waals surface area contributed by atoms with Gasteiger partial charge in [0.2, 0.25) is 0 Å². The standard InChI is InChI=1S/C14H18F2N2O.ClH/c1-8-6-11(13(16)7-12(8)15)14(19)18-5-4-17-9(2)10(18)3;/h6-7,9-10,17H,4-5H2,1-3H3;1H. The topological polar surface area (TPSA) is 32.3 Å². The molecule has 0 saturated carbocycles. The fourth-order valence-corrected chi connectivity index (χ4v) is 2.32. The summed E-state index contributed by atoms with van der Waals surface area (Å²) in [6.07, 6.45) is 0. The van der Waals surface area contributed by atoms with E-state index in [2.05, 4.69) is 5.32 Å². The highest BCUT2D eigenvalue weighted by Crippen LogP contribution is 2.19. The van der Waals surface area contributed by atoms with E-state index < -0.39 is 11.6 Å². The zero-order valence-electron chi connectivity index (χ0n) is 11.7. The van der Waals surface area contributed by atoms with Gasteiger partial charge in [-0.1, -0.05) is 0 Å². The number of rotatable bonds is 1. The number of carbonyl (C=O) groups excluding carboxylic acids is 1.